The van der Waals surface area contributed by atoms with Crippen LogP contribution in [0.2, 0.25) is 0 Å². The number of carbonyl (C=O) groups is 1. The zero-order chi connectivity index (χ0) is 13.1. The Hall–Kier alpha value is -2.29. The second-order valence-electron chi connectivity index (χ2n) is 4.12. The van der Waals surface area contributed by atoms with Crippen molar-refractivity contribution in [2.75, 3.05) is 12.8 Å². The van der Waals surface area contributed by atoms with Crippen molar-refractivity contribution >= 4 is 11.5 Å². The summed E-state index contributed by atoms with van der Waals surface area (Å²) >= 11 is 0. The van der Waals surface area contributed by atoms with Gasteiger partial charge in [-0.2, -0.15) is 0 Å². The van der Waals surface area contributed by atoms with E-state index in [1.807, 2.05) is 19.1 Å². The molecular formula is C15H15NO2. The quantitative estimate of drug-likeness (QED) is 0.664. The Labute approximate surface area is 106 Å². The molecule has 0 heterocycles. The van der Waals surface area contributed by atoms with Gasteiger partial charge in [0.1, 0.15) is 5.75 Å². The number of methoxy groups -OCH3 is 1. The fourth-order valence-corrected chi connectivity index (χ4v) is 1.81. The third kappa shape index (κ3) is 2.20. The lowest BCUT2D eigenvalue weighted by Gasteiger charge is -2.10. The number of ether oxygens (including phenoxy) is 1. The fourth-order valence-electron chi connectivity index (χ4n) is 1.81. The van der Waals surface area contributed by atoms with Crippen molar-refractivity contribution in [3.63, 3.8) is 0 Å². The lowest BCUT2D eigenvalue weighted by Crippen LogP contribution is -2.07. The van der Waals surface area contributed by atoms with E-state index < -0.39 is 0 Å². The lowest BCUT2D eigenvalue weighted by molar-refractivity contribution is 0.103. The summed E-state index contributed by atoms with van der Waals surface area (Å²) in [4.78, 5) is 12.4. The van der Waals surface area contributed by atoms with Crippen molar-refractivity contribution in [3.8, 4) is 5.75 Å². The Morgan fingerprint density at radius 1 is 1.11 bits per heavy atom. The van der Waals surface area contributed by atoms with E-state index >= 15 is 0 Å². The summed E-state index contributed by atoms with van der Waals surface area (Å²) in [6, 6.07) is 12.6. The van der Waals surface area contributed by atoms with E-state index in [2.05, 4.69) is 0 Å². The molecule has 0 saturated carbocycles. The number of rotatable bonds is 3. The molecule has 0 aliphatic heterocycles. The molecule has 18 heavy (non-hydrogen) atoms. The Morgan fingerprint density at radius 3 is 2.39 bits per heavy atom. The highest BCUT2D eigenvalue weighted by molar-refractivity contribution is 6.13. The average Bonchev–Trinajstić information content (AvgIpc) is 2.38. The van der Waals surface area contributed by atoms with E-state index in [4.69, 9.17) is 10.5 Å². The molecule has 2 rings (SSSR count). The van der Waals surface area contributed by atoms with Gasteiger partial charge in [-0.3, -0.25) is 4.79 Å². The van der Waals surface area contributed by atoms with E-state index in [1.54, 1.807) is 30.3 Å². The first-order valence-corrected chi connectivity index (χ1v) is 5.67. The summed E-state index contributed by atoms with van der Waals surface area (Å²) < 4.78 is 5.19. The largest absolute Gasteiger partial charge is 0.496 e. The molecule has 0 fully saturated rings. The molecule has 0 aliphatic rings. The van der Waals surface area contributed by atoms with Crippen molar-refractivity contribution in [2.45, 2.75) is 6.92 Å². The van der Waals surface area contributed by atoms with Gasteiger partial charge in [0.25, 0.3) is 0 Å². The molecule has 2 N–H and O–H groups in total. The van der Waals surface area contributed by atoms with Gasteiger partial charge in [0.2, 0.25) is 0 Å². The number of carbonyl (C=O) groups excluding carboxylic acids is 1. The minimum absolute atomic E-state index is 0.120. The molecule has 0 aliphatic carbocycles. The van der Waals surface area contributed by atoms with Crippen molar-refractivity contribution in [1.82, 2.24) is 0 Å². The number of ketones is 1. The highest BCUT2D eigenvalue weighted by Gasteiger charge is 2.17. The molecular weight excluding hydrogens is 226 g/mol. The van der Waals surface area contributed by atoms with E-state index in [9.17, 15) is 4.79 Å². The number of hydrogen-bond acceptors (Lipinski definition) is 3. The molecule has 0 unspecified atom stereocenters. The highest BCUT2D eigenvalue weighted by atomic mass is 16.5. The van der Waals surface area contributed by atoms with Gasteiger partial charge in [-0.15, -0.1) is 0 Å². The highest BCUT2D eigenvalue weighted by Crippen LogP contribution is 2.26. The summed E-state index contributed by atoms with van der Waals surface area (Å²) in [5, 5.41) is 0. The van der Waals surface area contributed by atoms with Gasteiger partial charge < -0.3 is 10.5 Å². The smallest absolute Gasteiger partial charge is 0.198 e. The molecule has 0 saturated heterocycles. The summed E-state index contributed by atoms with van der Waals surface area (Å²) in [6.07, 6.45) is 0. The Morgan fingerprint density at radius 2 is 1.78 bits per heavy atom. The van der Waals surface area contributed by atoms with Crippen LogP contribution in [0.15, 0.2) is 42.5 Å². The zero-order valence-electron chi connectivity index (χ0n) is 10.4. The van der Waals surface area contributed by atoms with Gasteiger partial charge in [0, 0.05) is 11.3 Å². The van der Waals surface area contributed by atoms with Gasteiger partial charge in [0.15, 0.2) is 5.78 Å². The molecule has 3 nitrogen and oxygen atoms in total. The van der Waals surface area contributed by atoms with Gasteiger partial charge in [-0.05, 0) is 19.1 Å². The van der Waals surface area contributed by atoms with Crippen molar-refractivity contribution < 1.29 is 9.53 Å². The van der Waals surface area contributed by atoms with E-state index in [-0.39, 0.29) is 5.78 Å². The minimum atomic E-state index is -0.120. The summed E-state index contributed by atoms with van der Waals surface area (Å²) in [5.74, 6) is 0.380. The fraction of sp³-hybridized carbons (Fsp3) is 0.133. The molecule has 0 radical (unpaired) electrons. The number of nitrogen functional groups attached to an aromatic ring is 1. The first-order valence-electron chi connectivity index (χ1n) is 5.67. The molecule has 2 aromatic rings. The van der Waals surface area contributed by atoms with Crippen LogP contribution < -0.4 is 10.5 Å². The molecule has 0 amide bonds. The number of nitrogens with two attached hydrogens (primary N) is 1. The normalized spacial score (nSPS) is 10.1. The number of aryl methyl sites for hydroxylation is 1. The van der Waals surface area contributed by atoms with Crippen molar-refractivity contribution in [3.05, 3.63) is 59.2 Å². The maximum absolute atomic E-state index is 12.4. The molecule has 3 heteroatoms. The molecule has 2 aromatic carbocycles. The number of anilines is 1. The van der Waals surface area contributed by atoms with Crippen LogP contribution in [0, 0.1) is 6.92 Å². The molecule has 0 bridgehead atoms. The monoisotopic (exact) mass is 241 g/mol. The summed E-state index contributed by atoms with van der Waals surface area (Å²) in [6.45, 7) is 1.98. The average molecular weight is 241 g/mol. The van der Waals surface area contributed by atoms with Crippen LogP contribution in [0.5, 0.6) is 5.75 Å². The van der Waals surface area contributed by atoms with Gasteiger partial charge >= 0.3 is 0 Å². The molecule has 0 aromatic heterocycles. The standard InChI is InChI=1S/C15H15NO2/c1-10-6-8-11(9-7-10)15(17)14-12(16)4-3-5-13(14)18-2/h3-9H,16H2,1-2H3. The predicted molar refractivity (Wildman–Crippen MR) is 72.0 cm³/mol. The maximum Gasteiger partial charge on any atom is 0.198 e. The second kappa shape index (κ2) is 4.92. The van der Waals surface area contributed by atoms with Crippen LogP contribution in [0.4, 0.5) is 5.69 Å². The van der Waals surface area contributed by atoms with Crippen LogP contribution >= 0.6 is 0 Å². The zero-order valence-corrected chi connectivity index (χ0v) is 10.4. The van der Waals surface area contributed by atoms with Gasteiger partial charge in [-0.25, -0.2) is 0 Å². The van der Waals surface area contributed by atoms with Crippen LogP contribution in [0.25, 0.3) is 0 Å². The SMILES string of the molecule is COc1cccc(N)c1C(=O)c1ccc(C)cc1. The number of hydrogen-bond donors (Lipinski definition) is 1. The first-order chi connectivity index (χ1) is 8.63. The first kappa shape index (κ1) is 12.2. The van der Waals surface area contributed by atoms with E-state index in [1.165, 1.54) is 7.11 Å². The third-order valence-electron chi connectivity index (χ3n) is 2.82. The summed E-state index contributed by atoms with van der Waals surface area (Å²) in [7, 11) is 1.53. The summed E-state index contributed by atoms with van der Waals surface area (Å²) in [5.41, 5.74) is 8.43. The van der Waals surface area contributed by atoms with Gasteiger partial charge in [0.05, 0.1) is 12.7 Å². The Balaban J connectivity index is 2.49. The van der Waals surface area contributed by atoms with Crippen molar-refractivity contribution in [2.24, 2.45) is 0 Å². The van der Waals surface area contributed by atoms with Crippen molar-refractivity contribution in [1.29, 1.82) is 0 Å². The molecule has 92 valence electrons. The predicted octanol–water partition coefficient (Wildman–Crippen LogP) is 2.82. The van der Waals surface area contributed by atoms with Crippen LogP contribution in [-0.4, -0.2) is 12.9 Å². The van der Waals surface area contributed by atoms with Crippen LogP contribution in [-0.2, 0) is 0 Å². The molecule has 0 spiro atoms. The molecule has 0 atom stereocenters. The van der Waals surface area contributed by atoms with E-state index in [0.29, 0.717) is 22.6 Å². The second-order valence-corrected chi connectivity index (χ2v) is 4.12. The Bertz CT molecular complexity index is 574. The minimum Gasteiger partial charge on any atom is -0.496 e. The van der Waals surface area contributed by atoms with Crippen LogP contribution in [0.1, 0.15) is 21.5 Å². The topological polar surface area (TPSA) is 52.3 Å². The van der Waals surface area contributed by atoms with Crippen LogP contribution in [0.3, 0.4) is 0 Å². The lowest BCUT2D eigenvalue weighted by atomic mass is 10.00. The van der Waals surface area contributed by atoms with E-state index in [0.717, 1.165) is 5.56 Å². The van der Waals surface area contributed by atoms with Gasteiger partial charge in [-0.1, -0.05) is 35.9 Å². The maximum atomic E-state index is 12.4. The third-order valence-corrected chi connectivity index (χ3v) is 2.82. The Kier molecular flexibility index (Phi) is 3.33. The number of benzene rings is 2.